The number of rotatable bonds is 11. The van der Waals surface area contributed by atoms with Gasteiger partial charge in [0, 0.05) is 45.0 Å². The average molecular weight is 1210 g/mol. The first-order valence-electron chi connectivity index (χ1n) is 31.1. The Kier molecular flexibility index (Phi) is 13.4. The van der Waals surface area contributed by atoms with Gasteiger partial charge in [-0.25, -0.2) is 19.9 Å². The molecule has 440 valence electrons. The standard InChI is InChI=1S/C83H55N8P.H2O/c1-6-28-62(29-7-1)88-73-44-22-18-40-69(73)84-79(88)56-50-57(80-85-70-41-19-23-45-74(70)89(80)63-30-8-2-9-31-63)53-60(52-56)83(67-38-16-26-48-77(67)92(66-36-14-5-15-37-66)78-49-27-17-39-68(78)83)61-54-58(81-86-71-42-20-24-46-75(71)90(81)64-32-10-3-11-33-64)51-59(55-61)82-87-72-43-21-25-47-76(72)91(82)65-34-12-4-13-35-65;/h1-55H;1H2. The molecular formula is C83H57N8OP. The van der Waals surface area contributed by atoms with Gasteiger partial charge in [-0.05, 0) is 180 Å². The fourth-order valence-corrected chi connectivity index (χ4v) is 17.0. The molecule has 10 heteroatoms. The highest BCUT2D eigenvalue weighted by Gasteiger charge is 2.48. The van der Waals surface area contributed by atoms with Crippen LogP contribution in [0.2, 0.25) is 0 Å². The van der Waals surface area contributed by atoms with Gasteiger partial charge in [0.1, 0.15) is 23.3 Å². The molecule has 0 saturated heterocycles. The maximum absolute atomic E-state index is 5.68. The summed E-state index contributed by atoms with van der Waals surface area (Å²) in [6.07, 6.45) is 0. The van der Waals surface area contributed by atoms with E-state index in [9.17, 15) is 0 Å². The van der Waals surface area contributed by atoms with Crippen LogP contribution in [0.5, 0.6) is 0 Å². The lowest BCUT2D eigenvalue weighted by Gasteiger charge is -2.45. The number of benzene rings is 13. The van der Waals surface area contributed by atoms with Crippen molar-refractivity contribution in [1.82, 2.24) is 38.2 Å². The molecule has 9 nitrogen and oxygen atoms in total. The lowest BCUT2D eigenvalue weighted by Crippen LogP contribution is -2.45. The molecule has 4 aromatic heterocycles. The van der Waals surface area contributed by atoms with Crippen LogP contribution in [0.4, 0.5) is 0 Å². The third-order valence-electron chi connectivity index (χ3n) is 18.2. The molecule has 17 aromatic rings. The Bertz CT molecular complexity index is 5060. The van der Waals surface area contributed by atoms with Gasteiger partial charge in [-0.15, -0.1) is 0 Å². The zero-order valence-electron chi connectivity index (χ0n) is 50.3. The SMILES string of the molecule is O.c1ccc(-n2c(-c3cc(-c4nc5ccccc5n4-c4ccccc4)cc(C4(c5cc(-c6nc7ccccc7n6-c6ccccc6)cc(-c6nc7ccccc7n6-c6ccccc6)c5)c5ccccc5P(c5ccccc5)c5ccccc54)c3)nc3ccccc32)cc1. The summed E-state index contributed by atoms with van der Waals surface area (Å²) in [5.74, 6) is 3.24. The van der Waals surface area contributed by atoms with E-state index >= 15 is 0 Å². The molecule has 1 aliphatic heterocycles. The lowest BCUT2D eigenvalue weighted by atomic mass is 9.63. The molecule has 0 amide bonds. The van der Waals surface area contributed by atoms with Gasteiger partial charge in [-0.3, -0.25) is 18.3 Å². The zero-order chi connectivity index (χ0) is 60.7. The summed E-state index contributed by atoms with van der Waals surface area (Å²) in [5, 5.41) is 3.82. The Morgan fingerprint density at radius 2 is 0.495 bits per heavy atom. The quantitative estimate of drug-likeness (QED) is 0.120. The van der Waals surface area contributed by atoms with Crippen molar-refractivity contribution >= 4 is 68.0 Å². The van der Waals surface area contributed by atoms with Gasteiger partial charge in [0.25, 0.3) is 0 Å². The van der Waals surface area contributed by atoms with Gasteiger partial charge in [0.05, 0.1) is 49.5 Å². The van der Waals surface area contributed by atoms with Crippen molar-refractivity contribution in [2.24, 2.45) is 0 Å². The minimum absolute atomic E-state index is 0. The fraction of sp³-hybridized carbons (Fsp3) is 0.0120. The highest BCUT2D eigenvalue weighted by molar-refractivity contribution is 7.80. The van der Waals surface area contributed by atoms with E-state index in [0.717, 1.165) is 124 Å². The van der Waals surface area contributed by atoms with Gasteiger partial charge in [-0.2, -0.15) is 0 Å². The van der Waals surface area contributed by atoms with Gasteiger partial charge in [0.2, 0.25) is 0 Å². The molecule has 18 rings (SSSR count). The molecule has 0 bridgehead atoms. The van der Waals surface area contributed by atoms with Gasteiger partial charge < -0.3 is 5.48 Å². The van der Waals surface area contributed by atoms with Crippen LogP contribution in [-0.2, 0) is 5.41 Å². The van der Waals surface area contributed by atoms with Crippen LogP contribution in [0.25, 0.3) is 112 Å². The van der Waals surface area contributed by atoms with Crippen molar-refractivity contribution in [3.05, 3.63) is 356 Å². The maximum atomic E-state index is 5.68. The smallest absolute Gasteiger partial charge is 0.145 e. The topological polar surface area (TPSA) is 103 Å². The van der Waals surface area contributed by atoms with E-state index in [0.29, 0.717) is 0 Å². The molecule has 13 aromatic carbocycles. The number of hydrogen-bond acceptors (Lipinski definition) is 4. The number of aromatic nitrogens is 8. The largest absolute Gasteiger partial charge is 0.412 e. The Morgan fingerprint density at radius 1 is 0.247 bits per heavy atom. The molecule has 0 aliphatic carbocycles. The van der Waals surface area contributed by atoms with E-state index < -0.39 is 13.3 Å². The number of para-hydroxylation sites is 12. The summed E-state index contributed by atoms with van der Waals surface area (Å²) in [4.78, 5) is 22.7. The first-order chi connectivity index (χ1) is 45.6. The van der Waals surface area contributed by atoms with Gasteiger partial charge in [-0.1, -0.05) is 200 Å². The monoisotopic (exact) mass is 1210 g/mol. The molecular weight excluding hydrogens is 1160 g/mol. The second kappa shape index (κ2) is 22.6. The number of imidazole rings is 4. The number of fused-ring (bicyclic) bond motifs is 6. The Balaban J connectivity index is 0.00000660. The van der Waals surface area contributed by atoms with Crippen molar-refractivity contribution in [3.63, 3.8) is 0 Å². The van der Waals surface area contributed by atoms with Crippen molar-refractivity contribution in [2.45, 2.75) is 5.41 Å². The van der Waals surface area contributed by atoms with Crippen molar-refractivity contribution < 1.29 is 5.48 Å². The molecule has 0 fully saturated rings. The van der Waals surface area contributed by atoms with E-state index in [1.807, 2.05) is 0 Å². The maximum Gasteiger partial charge on any atom is 0.145 e. The Hall–Kier alpha value is -11.9. The van der Waals surface area contributed by atoms with Crippen molar-refractivity contribution in [3.8, 4) is 68.3 Å². The second-order valence-electron chi connectivity index (χ2n) is 23.4. The lowest BCUT2D eigenvalue weighted by molar-refractivity contribution is 0.753. The molecule has 0 unspecified atom stereocenters. The van der Waals surface area contributed by atoms with Crippen LogP contribution in [0.15, 0.2) is 334 Å². The minimum Gasteiger partial charge on any atom is -0.412 e. The molecule has 0 saturated carbocycles. The van der Waals surface area contributed by atoms with Crippen LogP contribution in [0.1, 0.15) is 22.3 Å². The van der Waals surface area contributed by atoms with E-state index in [1.54, 1.807) is 0 Å². The molecule has 1 aliphatic rings. The zero-order valence-corrected chi connectivity index (χ0v) is 51.2. The molecule has 0 radical (unpaired) electrons. The number of nitrogens with zero attached hydrogens (tertiary/aromatic N) is 8. The summed E-state index contributed by atoms with van der Waals surface area (Å²) in [6.45, 7) is 0. The minimum atomic E-state index is -1.11. The normalized spacial score (nSPS) is 12.7. The third kappa shape index (κ3) is 8.92. The molecule has 2 N–H and O–H groups in total. The van der Waals surface area contributed by atoms with Crippen LogP contribution in [0, 0.1) is 0 Å². The first-order valence-corrected chi connectivity index (χ1v) is 32.5. The van der Waals surface area contributed by atoms with Crippen molar-refractivity contribution in [2.75, 3.05) is 0 Å². The summed E-state index contributed by atoms with van der Waals surface area (Å²) in [7, 11) is -1.11. The second-order valence-corrected chi connectivity index (χ2v) is 25.6. The highest BCUT2D eigenvalue weighted by atomic mass is 31.1. The van der Waals surface area contributed by atoms with Crippen LogP contribution in [0.3, 0.4) is 0 Å². The van der Waals surface area contributed by atoms with Crippen molar-refractivity contribution in [1.29, 1.82) is 0 Å². The fourth-order valence-electron chi connectivity index (χ4n) is 14.3. The highest BCUT2D eigenvalue weighted by Crippen LogP contribution is 2.56. The van der Waals surface area contributed by atoms with Gasteiger partial charge >= 0.3 is 0 Å². The first kappa shape index (κ1) is 55.2. The van der Waals surface area contributed by atoms with E-state index in [1.165, 1.54) is 27.0 Å². The van der Waals surface area contributed by atoms with Crippen LogP contribution < -0.4 is 15.9 Å². The third-order valence-corrected chi connectivity index (χ3v) is 20.7. The summed E-state index contributed by atoms with van der Waals surface area (Å²) in [5.41, 5.74) is 18.8. The summed E-state index contributed by atoms with van der Waals surface area (Å²) in [6, 6.07) is 121. The summed E-state index contributed by atoms with van der Waals surface area (Å²) >= 11 is 0. The van der Waals surface area contributed by atoms with E-state index in [2.05, 4.69) is 352 Å². The van der Waals surface area contributed by atoms with E-state index in [4.69, 9.17) is 19.9 Å². The average Bonchev–Trinajstić information content (AvgIpc) is 1.27. The van der Waals surface area contributed by atoms with Gasteiger partial charge in [0.15, 0.2) is 0 Å². The van der Waals surface area contributed by atoms with E-state index in [-0.39, 0.29) is 5.48 Å². The number of hydrogen-bond donors (Lipinski definition) is 0. The summed E-state index contributed by atoms with van der Waals surface area (Å²) < 4.78 is 9.29. The molecule has 5 heterocycles. The predicted octanol–water partition coefficient (Wildman–Crippen LogP) is 17.3. The Morgan fingerprint density at radius 3 is 0.796 bits per heavy atom. The Labute approximate surface area is 538 Å². The van der Waals surface area contributed by atoms with Crippen LogP contribution >= 0.6 is 7.92 Å². The van der Waals surface area contributed by atoms with Crippen LogP contribution in [-0.4, -0.2) is 43.7 Å². The molecule has 93 heavy (non-hydrogen) atoms. The molecule has 0 spiro atoms. The predicted molar refractivity (Wildman–Crippen MR) is 381 cm³/mol. The molecule has 0 atom stereocenters.